The first kappa shape index (κ1) is 20.3. The Labute approximate surface area is 152 Å². The Kier molecular flexibility index (Phi) is 8.94. The minimum atomic E-state index is 0. The summed E-state index contributed by atoms with van der Waals surface area (Å²) in [6.07, 6.45) is 6.87. The Hall–Kier alpha value is -0.790. The monoisotopic (exact) mass is 355 g/mol. The van der Waals surface area contributed by atoms with Crippen molar-refractivity contribution in [3.8, 4) is 6.07 Å². The highest BCUT2D eigenvalue weighted by Crippen LogP contribution is 2.38. The van der Waals surface area contributed by atoms with Crippen LogP contribution in [0.3, 0.4) is 0 Å². The van der Waals surface area contributed by atoms with Crippen molar-refractivity contribution in [1.29, 1.82) is 5.26 Å². The van der Waals surface area contributed by atoms with Crippen LogP contribution >= 0.6 is 24.8 Å². The van der Waals surface area contributed by atoms with E-state index in [0.717, 1.165) is 37.7 Å². The molecule has 1 atom stereocenters. The number of hydrogen-bond acceptors (Lipinski definition) is 3. The molecular weight excluding hydrogens is 329 g/mol. The van der Waals surface area contributed by atoms with E-state index in [2.05, 4.69) is 28.4 Å². The molecule has 0 unspecified atom stereocenters. The van der Waals surface area contributed by atoms with Gasteiger partial charge in [0.05, 0.1) is 11.6 Å². The van der Waals surface area contributed by atoms with E-state index in [9.17, 15) is 0 Å². The van der Waals surface area contributed by atoms with Gasteiger partial charge in [0.25, 0.3) is 0 Å². The van der Waals surface area contributed by atoms with Gasteiger partial charge in [-0.1, -0.05) is 31.4 Å². The van der Waals surface area contributed by atoms with Crippen LogP contribution < -0.4 is 5.32 Å². The van der Waals surface area contributed by atoms with Crippen LogP contribution in [0.4, 0.5) is 0 Å². The molecule has 0 spiro atoms. The summed E-state index contributed by atoms with van der Waals surface area (Å²) < 4.78 is 0. The quantitative estimate of drug-likeness (QED) is 0.892. The van der Waals surface area contributed by atoms with Crippen LogP contribution in [0, 0.1) is 17.2 Å². The number of piperazine rings is 1. The molecule has 2 aliphatic rings. The second kappa shape index (κ2) is 10.2. The summed E-state index contributed by atoms with van der Waals surface area (Å²) in [4.78, 5) is 2.66. The number of benzene rings is 1. The molecule has 1 aliphatic carbocycles. The van der Waals surface area contributed by atoms with Crippen molar-refractivity contribution in [1.82, 2.24) is 10.2 Å². The third-order valence-electron chi connectivity index (χ3n) is 5.02. The van der Waals surface area contributed by atoms with E-state index in [-0.39, 0.29) is 24.8 Å². The molecule has 0 radical (unpaired) electrons. The fraction of sp³-hybridized carbons (Fsp3) is 0.611. The van der Waals surface area contributed by atoms with Crippen molar-refractivity contribution >= 4 is 24.8 Å². The van der Waals surface area contributed by atoms with Crippen LogP contribution in [0.1, 0.15) is 49.3 Å². The minimum absolute atomic E-state index is 0. The van der Waals surface area contributed by atoms with Crippen LogP contribution in [-0.2, 0) is 0 Å². The van der Waals surface area contributed by atoms with Gasteiger partial charge in [0, 0.05) is 32.2 Å². The van der Waals surface area contributed by atoms with E-state index < -0.39 is 0 Å². The van der Waals surface area contributed by atoms with Gasteiger partial charge in [0.2, 0.25) is 0 Å². The summed E-state index contributed by atoms with van der Waals surface area (Å²) in [6.45, 7) is 4.47. The molecule has 0 aromatic heterocycles. The summed E-state index contributed by atoms with van der Waals surface area (Å²) >= 11 is 0. The third-order valence-corrected chi connectivity index (χ3v) is 5.02. The second-order valence-corrected chi connectivity index (χ2v) is 6.36. The predicted molar refractivity (Wildman–Crippen MR) is 99.4 cm³/mol. The van der Waals surface area contributed by atoms with Crippen LogP contribution in [0.15, 0.2) is 24.3 Å². The fourth-order valence-corrected chi connectivity index (χ4v) is 3.95. The number of rotatable bonds is 3. The summed E-state index contributed by atoms with van der Waals surface area (Å²) in [6, 6.07) is 11.1. The van der Waals surface area contributed by atoms with Gasteiger partial charge in [0.1, 0.15) is 0 Å². The Balaban J connectivity index is 0.00000132. The lowest BCUT2D eigenvalue weighted by Crippen LogP contribution is -2.47. The van der Waals surface area contributed by atoms with Crippen LogP contribution in [0.2, 0.25) is 0 Å². The molecule has 1 heterocycles. The summed E-state index contributed by atoms with van der Waals surface area (Å²) in [5, 5.41) is 12.5. The normalized spacial score (nSPS) is 20.7. The standard InChI is InChI=1S/C18H25N3.2ClH/c19-14-15-6-8-17(9-7-15)18(16-4-2-1-3-5-16)21-12-10-20-11-13-21;;/h6-9,16,18,20H,1-5,10-13H2;2*1H/t18-;;/m1../s1. The molecule has 3 rings (SSSR count). The van der Waals surface area contributed by atoms with Gasteiger partial charge in [-0.05, 0) is 36.5 Å². The van der Waals surface area contributed by atoms with Crippen LogP contribution in [0.25, 0.3) is 0 Å². The largest absolute Gasteiger partial charge is 0.314 e. The summed E-state index contributed by atoms with van der Waals surface area (Å²) in [7, 11) is 0. The summed E-state index contributed by atoms with van der Waals surface area (Å²) in [5.74, 6) is 0.782. The number of hydrogen-bond donors (Lipinski definition) is 1. The molecule has 1 saturated carbocycles. The molecule has 128 valence electrons. The van der Waals surface area contributed by atoms with Gasteiger partial charge in [-0.25, -0.2) is 0 Å². The van der Waals surface area contributed by atoms with Crippen LogP contribution in [-0.4, -0.2) is 31.1 Å². The first-order valence-electron chi connectivity index (χ1n) is 8.33. The highest BCUT2D eigenvalue weighted by atomic mass is 35.5. The van der Waals surface area contributed by atoms with Gasteiger partial charge in [-0.2, -0.15) is 5.26 Å². The Morgan fingerprint density at radius 1 is 1.00 bits per heavy atom. The zero-order chi connectivity index (χ0) is 14.5. The van der Waals surface area contributed by atoms with Gasteiger partial charge >= 0.3 is 0 Å². The predicted octanol–water partition coefficient (Wildman–Crippen LogP) is 3.93. The maximum absolute atomic E-state index is 9.00. The highest BCUT2D eigenvalue weighted by Gasteiger charge is 2.30. The Bertz CT molecular complexity index is 468. The lowest BCUT2D eigenvalue weighted by molar-refractivity contribution is 0.103. The first-order valence-corrected chi connectivity index (χ1v) is 8.33. The number of nitrogens with zero attached hydrogens (tertiary/aromatic N) is 2. The number of halogens is 2. The fourth-order valence-electron chi connectivity index (χ4n) is 3.95. The van der Waals surface area contributed by atoms with Crippen molar-refractivity contribution in [2.45, 2.75) is 38.1 Å². The molecule has 1 saturated heterocycles. The van der Waals surface area contributed by atoms with E-state index in [4.69, 9.17) is 5.26 Å². The maximum atomic E-state index is 9.00. The molecule has 1 aromatic carbocycles. The Morgan fingerprint density at radius 3 is 2.17 bits per heavy atom. The van der Waals surface area contributed by atoms with Crippen LogP contribution in [0.5, 0.6) is 0 Å². The lowest BCUT2D eigenvalue weighted by Gasteiger charge is -2.41. The molecule has 0 amide bonds. The van der Waals surface area contributed by atoms with Gasteiger partial charge in [0.15, 0.2) is 0 Å². The number of nitriles is 1. The van der Waals surface area contributed by atoms with Crippen molar-refractivity contribution in [3.63, 3.8) is 0 Å². The highest BCUT2D eigenvalue weighted by molar-refractivity contribution is 5.85. The topological polar surface area (TPSA) is 39.1 Å². The third kappa shape index (κ3) is 5.09. The first-order chi connectivity index (χ1) is 10.4. The van der Waals surface area contributed by atoms with E-state index in [1.54, 1.807) is 0 Å². The molecule has 1 N–H and O–H groups in total. The van der Waals surface area contributed by atoms with Crippen molar-refractivity contribution in [3.05, 3.63) is 35.4 Å². The average molecular weight is 356 g/mol. The van der Waals surface area contributed by atoms with E-state index in [1.165, 1.54) is 37.7 Å². The Morgan fingerprint density at radius 2 is 1.61 bits per heavy atom. The molecule has 23 heavy (non-hydrogen) atoms. The molecular formula is C18H27Cl2N3. The zero-order valence-corrected chi connectivity index (χ0v) is 15.2. The molecule has 1 aromatic rings. The molecule has 3 nitrogen and oxygen atoms in total. The second-order valence-electron chi connectivity index (χ2n) is 6.36. The maximum Gasteiger partial charge on any atom is 0.0991 e. The van der Waals surface area contributed by atoms with E-state index in [0.29, 0.717) is 6.04 Å². The van der Waals surface area contributed by atoms with Gasteiger partial charge < -0.3 is 5.32 Å². The SMILES string of the molecule is Cl.Cl.N#Cc1ccc([C@@H](C2CCCCC2)N2CCNCC2)cc1. The van der Waals surface area contributed by atoms with E-state index in [1.807, 2.05) is 12.1 Å². The molecule has 0 bridgehead atoms. The van der Waals surface area contributed by atoms with E-state index >= 15 is 0 Å². The smallest absolute Gasteiger partial charge is 0.0991 e. The van der Waals surface area contributed by atoms with Gasteiger partial charge in [-0.3, -0.25) is 4.90 Å². The minimum Gasteiger partial charge on any atom is -0.314 e. The molecule has 1 aliphatic heterocycles. The van der Waals surface area contributed by atoms with Crippen molar-refractivity contribution < 1.29 is 0 Å². The molecule has 5 heteroatoms. The lowest BCUT2D eigenvalue weighted by atomic mass is 9.80. The number of nitrogens with one attached hydrogen (secondary N) is 1. The van der Waals surface area contributed by atoms with Gasteiger partial charge in [-0.15, -0.1) is 24.8 Å². The van der Waals surface area contributed by atoms with Crippen molar-refractivity contribution in [2.24, 2.45) is 5.92 Å². The molecule has 2 fully saturated rings. The average Bonchev–Trinajstić information content (AvgIpc) is 2.58. The zero-order valence-electron chi connectivity index (χ0n) is 13.5. The summed E-state index contributed by atoms with van der Waals surface area (Å²) in [5.41, 5.74) is 2.17. The van der Waals surface area contributed by atoms with Crippen molar-refractivity contribution in [2.75, 3.05) is 26.2 Å².